The molecule has 5 rings (SSSR count). The predicted octanol–water partition coefficient (Wildman–Crippen LogP) is -2.17. The van der Waals surface area contributed by atoms with Crippen LogP contribution in [0.5, 0.6) is 0 Å². The molecule has 0 radical (unpaired) electrons. The van der Waals surface area contributed by atoms with Gasteiger partial charge >= 0.3 is 15.6 Å². The van der Waals surface area contributed by atoms with Gasteiger partial charge in [-0.3, -0.25) is 18.4 Å². The van der Waals surface area contributed by atoms with Gasteiger partial charge in [0, 0.05) is 18.0 Å². The molecule has 5 heterocycles. The van der Waals surface area contributed by atoms with Crippen LogP contribution in [0.1, 0.15) is 12.6 Å². The van der Waals surface area contributed by atoms with E-state index in [2.05, 4.69) is 44.5 Å². The first-order valence-corrected chi connectivity index (χ1v) is 16.8. The molecule has 0 saturated carbocycles. The zero-order valence-corrected chi connectivity index (χ0v) is 26.7. The number of aliphatic hydroxyl groups is 4. The van der Waals surface area contributed by atoms with Crippen LogP contribution in [0.2, 0.25) is 0 Å². The molecular formula is C21H29N7O14P2S2. The molecule has 3 aliphatic rings. The monoisotopic (exact) mass is 729 g/mol. The van der Waals surface area contributed by atoms with E-state index in [1.54, 1.807) is 6.08 Å². The summed E-state index contributed by atoms with van der Waals surface area (Å²) in [4.78, 5) is 39.9. The Balaban J connectivity index is 1.20. The summed E-state index contributed by atoms with van der Waals surface area (Å²) >= 11 is 8.16. The van der Waals surface area contributed by atoms with Crippen molar-refractivity contribution in [3.05, 3.63) is 36.7 Å². The summed E-state index contributed by atoms with van der Waals surface area (Å²) in [5, 5.41) is 42.5. The van der Waals surface area contributed by atoms with Gasteiger partial charge < -0.3 is 56.1 Å². The quantitative estimate of drug-likeness (QED) is 0.0668. The summed E-state index contributed by atoms with van der Waals surface area (Å²) in [5.74, 6) is -0.714. The number of ether oxygens (including phenoxy) is 2. The van der Waals surface area contributed by atoms with Crippen molar-refractivity contribution in [2.24, 2.45) is 5.73 Å². The molecule has 2 unspecified atom stereocenters. The number of imidazole rings is 1. The lowest BCUT2D eigenvalue weighted by molar-refractivity contribution is -0.115. The van der Waals surface area contributed by atoms with Crippen molar-refractivity contribution >= 4 is 63.8 Å². The molecule has 0 aliphatic carbocycles. The summed E-state index contributed by atoms with van der Waals surface area (Å²) in [7, 11) is -11.0. The second-order valence-corrected chi connectivity index (χ2v) is 14.7. The second kappa shape index (κ2) is 12.7. The fourth-order valence-electron chi connectivity index (χ4n) is 4.71. The van der Waals surface area contributed by atoms with Gasteiger partial charge in [-0.1, -0.05) is 6.08 Å². The maximum Gasteiger partial charge on any atom is 0.481 e. The number of nitrogen functional groups attached to an aromatic ring is 1. The number of aromatic nitrogens is 4. The Morgan fingerprint density at radius 3 is 2.50 bits per heavy atom. The number of amides is 1. The Morgan fingerprint density at radius 2 is 1.80 bits per heavy atom. The molecule has 10 atom stereocenters. The van der Waals surface area contributed by atoms with Gasteiger partial charge in [0.1, 0.15) is 42.9 Å². The number of phosphoric ester groups is 2. The summed E-state index contributed by atoms with van der Waals surface area (Å²) in [6.07, 6.45) is -2.56. The minimum Gasteiger partial charge on any atom is -0.387 e. The van der Waals surface area contributed by atoms with Gasteiger partial charge in [0.05, 0.1) is 12.9 Å². The van der Waals surface area contributed by atoms with Crippen molar-refractivity contribution in [2.45, 2.75) is 53.2 Å². The summed E-state index contributed by atoms with van der Waals surface area (Å²) in [5.41, 5.74) is 11.5. The highest BCUT2D eigenvalue weighted by Crippen LogP contribution is 2.62. The Morgan fingerprint density at radius 1 is 1.11 bits per heavy atom. The number of nitrogens with zero attached hydrogens (tertiary/aromatic N) is 5. The lowest BCUT2D eigenvalue weighted by Gasteiger charge is -2.33. The van der Waals surface area contributed by atoms with Crippen molar-refractivity contribution in [2.75, 3.05) is 18.9 Å². The van der Waals surface area contributed by atoms with Crippen LogP contribution in [0.25, 0.3) is 11.2 Å². The first-order chi connectivity index (χ1) is 21.4. The average molecular weight is 730 g/mol. The summed E-state index contributed by atoms with van der Waals surface area (Å²) in [6, 6.07) is 0. The standard InChI is InChI=1S/C21H29N7O14P2S2/c22-15-11-17(25-7-24-15)28(8-26-11)19-14(31)21(33,46)20(45,41-19)6-39-44(36,37)42-43(34,35)38-5-10-12(29)13(30)18(40-10)27-3-1-2-9(4-27)16(23)32/h1,3-4,7-8,10,12-14,18-19,29-31,33,45-46H,2,5-6H2,(H2,23,32)(H,34,35)(H,36,37)(H2,22,24,25)/t10-,12-,13-,14-,18-,19-,20-,21+/m1/s1. The molecule has 1 amide bonds. The maximum atomic E-state index is 12.6. The number of phosphoric acid groups is 2. The van der Waals surface area contributed by atoms with Crippen LogP contribution in [-0.2, 0) is 36.8 Å². The van der Waals surface area contributed by atoms with E-state index in [4.69, 9.17) is 30.0 Å². The van der Waals surface area contributed by atoms with E-state index >= 15 is 0 Å². The van der Waals surface area contributed by atoms with E-state index in [1.165, 1.54) is 17.3 Å². The normalized spacial score (nSPS) is 35.7. The lowest BCUT2D eigenvalue weighted by atomic mass is 10.1. The summed E-state index contributed by atoms with van der Waals surface area (Å²) < 4.78 is 51.2. The van der Waals surface area contributed by atoms with Gasteiger partial charge in [-0.05, 0) is 6.42 Å². The highest BCUT2D eigenvalue weighted by molar-refractivity contribution is 7.86. The number of hydrogen-bond acceptors (Lipinski definition) is 19. The maximum absolute atomic E-state index is 12.6. The molecule has 2 saturated heterocycles. The Kier molecular flexibility index (Phi) is 9.69. The SMILES string of the molecule is NC(=O)C1=CN([C@@H]2O[C@H](COP(=O)(O)OP(=O)(O)OC[C@]3(S)O[C@@H](n4cnc5c(N)ncnc54)[C@@H](O)[C@]3(O)S)[C@@H](O)[C@H]2O)C=CC1. The fraction of sp³-hybridized carbons (Fsp3) is 0.524. The predicted molar refractivity (Wildman–Crippen MR) is 158 cm³/mol. The molecule has 0 aromatic carbocycles. The van der Waals surface area contributed by atoms with Crippen LogP contribution < -0.4 is 11.5 Å². The topological polar surface area (TPSA) is 318 Å². The number of carbonyl (C=O) groups excluding carboxylic acids is 1. The van der Waals surface area contributed by atoms with Crippen molar-refractivity contribution < 1.29 is 67.0 Å². The van der Waals surface area contributed by atoms with Gasteiger partial charge in [0.2, 0.25) is 5.91 Å². The highest BCUT2D eigenvalue weighted by Gasteiger charge is 2.64. The van der Waals surface area contributed by atoms with Gasteiger partial charge in [-0.25, -0.2) is 24.1 Å². The Bertz CT molecular complexity index is 1660. The molecule has 25 heteroatoms. The minimum absolute atomic E-state index is 0.00645. The van der Waals surface area contributed by atoms with Crippen LogP contribution in [0.4, 0.5) is 5.82 Å². The second-order valence-electron chi connectivity index (χ2n) is 10.2. The van der Waals surface area contributed by atoms with Crippen LogP contribution >= 0.6 is 40.9 Å². The Hall–Kier alpha value is -2.18. The van der Waals surface area contributed by atoms with Crippen LogP contribution in [0.15, 0.2) is 36.7 Å². The summed E-state index contributed by atoms with van der Waals surface area (Å²) in [6.45, 7) is -2.09. The minimum atomic E-state index is -5.52. The van der Waals surface area contributed by atoms with Crippen molar-refractivity contribution in [1.29, 1.82) is 0 Å². The number of thiol groups is 2. The van der Waals surface area contributed by atoms with Gasteiger partial charge in [-0.15, -0.1) is 25.3 Å². The molecule has 21 nitrogen and oxygen atoms in total. The van der Waals surface area contributed by atoms with E-state index < -0.39 is 81.5 Å². The van der Waals surface area contributed by atoms with Gasteiger partial charge in [0.15, 0.2) is 33.8 Å². The van der Waals surface area contributed by atoms with E-state index in [1.807, 2.05) is 0 Å². The molecule has 46 heavy (non-hydrogen) atoms. The zero-order valence-electron chi connectivity index (χ0n) is 23.1. The third-order valence-corrected chi connectivity index (χ3v) is 11.1. The number of aliphatic hydroxyl groups excluding tert-OH is 3. The van der Waals surface area contributed by atoms with Crippen molar-refractivity contribution in [3.63, 3.8) is 0 Å². The lowest BCUT2D eigenvalue weighted by Crippen LogP contribution is -2.51. The molecule has 0 spiro atoms. The smallest absolute Gasteiger partial charge is 0.387 e. The molecule has 2 aromatic rings. The number of primary amides is 1. The Labute approximate surface area is 269 Å². The number of carbonyl (C=O) groups is 1. The van der Waals surface area contributed by atoms with Crippen LogP contribution in [0, 0.1) is 0 Å². The van der Waals surface area contributed by atoms with E-state index in [9.17, 15) is 44.1 Å². The zero-order chi connectivity index (χ0) is 33.8. The molecule has 2 fully saturated rings. The molecule has 3 aliphatic heterocycles. The van der Waals surface area contributed by atoms with Crippen molar-refractivity contribution in [3.8, 4) is 0 Å². The van der Waals surface area contributed by atoms with E-state index in [0.29, 0.717) is 0 Å². The number of allylic oxidation sites excluding steroid dienone is 1. The van der Waals surface area contributed by atoms with Crippen LogP contribution in [-0.4, -0.2) is 114 Å². The number of anilines is 1. The first-order valence-electron chi connectivity index (χ1n) is 12.9. The number of nitrogens with two attached hydrogens (primary N) is 2. The first kappa shape index (κ1) is 35.1. The van der Waals surface area contributed by atoms with Gasteiger partial charge in [-0.2, -0.15) is 4.31 Å². The third-order valence-electron chi connectivity index (χ3n) is 7.13. The van der Waals surface area contributed by atoms with E-state index in [-0.39, 0.29) is 29.0 Å². The molecule has 2 aromatic heterocycles. The third kappa shape index (κ3) is 6.72. The largest absolute Gasteiger partial charge is 0.481 e. The fourth-order valence-corrected chi connectivity index (χ4v) is 7.47. The molecule has 10 N–H and O–H groups in total. The van der Waals surface area contributed by atoms with Crippen molar-refractivity contribution in [1.82, 2.24) is 24.4 Å². The number of rotatable bonds is 11. The highest BCUT2D eigenvalue weighted by atomic mass is 32.1. The average Bonchev–Trinajstić information content (AvgIpc) is 3.59. The van der Waals surface area contributed by atoms with Gasteiger partial charge in [0.25, 0.3) is 0 Å². The molecule has 0 bridgehead atoms. The van der Waals surface area contributed by atoms with E-state index in [0.717, 1.165) is 17.2 Å². The molecule has 254 valence electrons. The number of fused-ring (bicyclic) bond motifs is 1. The van der Waals surface area contributed by atoms with Crippen LogP contribution in [0.3, 0.4) is 0 Å². The number of hydrogen-bond donors (Lipinski definition) is 10. The molecular weight excluding hydrogens is 700 g/mol.